The van der Waals surface area contributed by atoms with Gasteiger partial charge in [0.05, 0.1) is 16.4 Å². The first-order valence-electron chi connectivity index (χ1n) is 10.8. The lowest BCUT2D eigenvalue weighted by Crippen LogP contribution is -2.41. The third kappa shape index (κ3) is 6.86. The molecule has 1 heterocycles. The quantitative estimate of drug-likeness (QED) is 0.374. The van der Waals surface area contributed by atoms with E-state index in [2.05, 4.69) is 22.3 Å². The van der Waals surface area contributed by atoms with Crippen molar-refractivity contribution in [3.63, 3.8) is 0 Å². The van der Waals surface area contributed by atoms with Crippen LogP contribution in [0.4, 0.5) is 0 Å². The van der Waals surface area contributed by atoms with Gasteiger partial charge in [-0.25, -0.2) is 4.68 Å². The smallest absolute Gasteiger partial charge is 0.272 e. The van der Waals surface area contributed by atoms with E-state index in [1.165, 1.54) is 0 Å². The SMILES string of the molecule is Cc1c(C(=O)NC(C)(C)C)nn(-c2ccc(C#CCOCC(N)=O)cc2Cl)c1-c1ccc(Cl)cc1. The van der Waals surface area contributed by atoms with Crippen molar-refractivity contribution < 1.29 is 14.3 Å². The van der Waals surface area contributed by atoms with Gasteiger partial charge >= 0.3 is 0 Å². The van der Waals surface area contributed by atoms with Crippen LogP contribution in [0.25, 0.3) is 16.9 Å². The maximum atomic E-state index is 13.0. The predicted molar refractivity (Wildman–Crippen MR) is 138 cm³/mol. The van der Waals surface area contributed by atoms with Gasteiger partial charge in [0.2, 0.25) is 5.91 Å². The minimum atomic E-state index is -0.555. The summed E-state index contributed by atoms with van der Waals surface area (Å²) in [5.74, 6) is 4.91. The molecule has 2 amide bonds. The summed E-state index contributed by atoms with van der Waals surface area (Å²) in [6.07, 6.45) is 0. The van der Waals surface area contributed by atoms with Crippen LogP contribution in [0.5, 0.6) is 0 Å². The molecule has 182 valence electrons. The molecule has 0 saturated carbocycles. The molecule has 2 aromatic carbocycles. The molecule has 3 N–H and O–H groups in total. The van der Waals surface area contributed by atoms with E-state index >= 15 is 0 Å². The number of nitrogens with zero attached hydrogens (tertiary/aromatic N) is 2. The third-order valence-electron chi connectivity index (χ3n) is 4.77. The van der Waals surface area contributed by atoms with Gasteiger partial charge in [-0.2, -0.15) is 5.10 Å². The van der Waals surface area contributed by atoms with Crippen LogP contribution in [0, 0.1) is 18.8 Å². The minimum absolute atomic E-state index is 0.0631. The molecule has 0 aliphatic rings. The van der Waals surface area contributed by atoms with E-state index in [1.807, 2.05) is 39.8 Å². The van der Waals surface area contributed by atoms with Crippen LogP contribution in [-0.4, -0.2) is 40.3 Å². The molecule has 0 atom stereocenters. The molecule has 0 aliphatic heterocycles. The summed E-state index contributed by atoms with van der Waals surface area (Å²) in [6, 6.07) is 12.6. The van der Waals surface area contributed by atoms with Gasteiger partial charge < -0.3 is 15.8 Å². The zero-order valence-corrected chi connectivity index (χ0v) is 21.4. The van der Waals surface area contributed by atoms with E-state index in [9.17, 15) is 9.59 Å². The molecule has 3 aromatic rings. The van der Waals surface area contributed by atoms with Gasteiger partial charge in [-0.15, -0.1) is 0 Å². The number of amides is 2. The van der Waals surface area contributed by atoms with Crippen molar-refractivity contribution >= 4 is 35.0 Å². The highest BCUT2D eigenvalue weighted by atomic mass is 35.5. The standard InChI is InChI=1S/C26H26Cl2N4O3/c1-16-23(25(34)30-26(2,3)4)31-32(24(16)18-8-10-19(27)11-9-18)21-12-7-17(14-20(21)28)6-5-13-35-15-22(29)33/h7-12,14H,13,15H2,1-4H3,(H2,29,33)(H,30,34). The number of hydrogen-bond acceptors (Lipinski definition) is 4. The molecule has 0 spiro atoms. The monoisotopic (exact) mass is 512 g/mol. The van der Waals surface area contributed by atoms with Crippen molar-refractivity contribution in [3.8, 4) is 28.8 Å². The Morgan fingerprint density at radius 2 is 1.83 bits per heavy atom. The summed E-state index contributed by atoms with van der Waals surface area (Å²) in [4.78, 5) is 23.7. The second kappa shape index (κ2) is 11.0. The van der Waals surface area contributed by atoms with Gasteiger partial charge in [0, 0.05) is 27.3 Å². The number of aromatic nitrogens is 2. The van der Waals surface area contributed by atoms with E-state index in [-0.39, 0.29) is 19.1 Å². The number of rotatable bonds is 6. The lowest BCUT2D eigenvalue weighted by Gasteiger charge is -2.19. The second-order valence-electron chi connectivity index (χ2n) is 8.87. The van der Waals surface area contributed by atoms with E-state index in [4.69, 9.17) is 33.7 Å². The Hall–Kier alpha value is -3.31. The molecule has 9 heteroatoms. The summed E-state index contributed by atoms with van der Waals surface area (Å²) >= 11 is 12.7. The number of halogens is 2. The lowest BCUT2D eigenvalue weighted by molar-refractivity contribution is -0.122. The number of benzene rings is 2. The second-order valence-corrected chi connectivity index (χ2v) is 9.72. The number of carbonyl (C=O) groups is 2. The molecule has 0 fully saturated rings. The lowest BCUT2D eigenvalue weighted by atomic mass is 10.0. The fourth-order valence-corrected chi connectivity index (χ4v) is 3.72. The predicted octanol–water partition coefficient (Wildman–Crippen LogP) is 4.54. The van der Waals surface area contributed by atoms with Crippen molar-refractivity contribution in [2.75, 3.05) is 13.2 Å². The van der Waals surface area contributed by atoms with Crippen LogP contribution >= 0.6 is 23.2 Å². The van der Waals surface area contributed by atoms with E-state index in [0.717, 1.165) is 11.3 Å². The molecular weight excluding hydrogens is 487 g/mol. The highest BCUT2D eigenvalue weighted by molar-refractivity contribution is 6.32. The first kappa shape index (κ1) is 26.3. The van der Waals surface area contributed by atoms with Gasteiger partial charge in [-0.3, -0.25) is 9.59 Å². The molecular formula is C26H26Cl2N4O3. The third-order valence-corrected chi connectivity index (χ3v) is 5.33. The Morgan fingerprint density at radius 1 is 1.14 bits per heavy atom. The molecule has 0 saturated heterocycles. The van der Waals surface area contributed by atoms with Crippen molar-refractivity contribution in [2.24, 2.45) is 5.73 Å². The molecule has 0 unspecified atom stereocenters. The summed E-state index contributed by atoms with van der Waals surface area (Å²) < 4.78 is 6.70. The van der Waals surface area contributed by atoms with Gasteiger partial charge in [0.1, 0.15) is 13.2 Å². The molecule has 0 bridgehead atoms. The molecule has 0 aliphatic carbocycles. The van der Waals surface area contributed by atoms with Crippen LogP contribution in [0.15, 0.2) is 42.5 Å². The highest BCUT2D eigenvalue weighted by Crippen LogP contribution is 2.32. The average Bonchev–Trinajstić information content (AvgIpc) is 3.10. The van der Waals surface area contributed by atoms with Crippen molar-refractivity contribution in [1.82, 2.24) is 15.1 Å². The minimum Gasteiger partial charge on any atom is -0.368 e. The summed E-state index contributed by atoms with van der Waals surface area (Å²) in [7, 11) is 0. The first-order chi connectivity index (χ1) is 16.5. The average molecular weight is 513 g/mol. The van der Waals surface area contributed by atoms with Crippen molar-refractivity contribution in [2.45, 2.75) is 33.2 Å². The van der Waals surface area contributed by atoms with Crippen LogP contribution in [0.1, 0.15) is 42.4 Å². The number of primary amides is 1. The molecule has 35 heavy (non-hydrogen) atoms. The Morgan fingerprint density at radius 3 is 2.43 bits per heavy atom. The van der Waals surface area contributed by atoms with Crippen molar-refractivity contribution in [3.05, 3.63) is 69.3 Å². The highest BCUT2D eigenvalue weighted by Gasteiger charge is 2.25. The van der Waals surface area contributed by atoms with Crippen LogP contribution in [-0.2, 0) is 9.53 Å². The van der Waals surface area contributed by atoms with E-state index in [1.54, 1.807) is 35.0 Å². The fourth-order valence-electron chi connectivity index (χ4n) is 3.33. The normalized spacial score (nSPS) is 11.0. The zero-order chi connectivity index (χ0) is 25.8. The van der Waals surface area contributed by atoms with Crippen molar-refractivity contribution in [1.29, 1.82) is 0 Å². The number of hydrogen-bond donors (Lipinski definition) is 2. The van der Waals surface area contributed by atoms with Gasteiger partial charge in [0.25, 0.3) is 5.91 Å². The number of nitrogens with one attached hydrogen (secondary N) is 1. The van der Waals surface area contributed by atoms with Crippen LogP contribution in [0.3, 0.4) is 0 Å². The van der Waals surface area contributed by atoms with Crippen LogP contribution in [0.2, 0.25) is 10.0 Å². The largest absolute Gasteiger partial charge is 0.368 e. The Labute approximate surface area is 214 Å². The van der Waals surface area contributed by atoms with E-state index in [0.29, 0.717) is 32.6 Å². The summed E-state index contributed by atoms with van der Waals surface area (Å²) in [6.45, 7) is 7.46. The number of ether oxygens (including phenoxy) is 1. The zero-order valence-electron chi connectivity index (χ0n) is 19.9. The van der Waals surface area contributed by atoms with Gasteiger partial charge in [0.15, 0.2) is 5.69 Å². The Bertz CT molecular complexity index is 1310. The molecule has 1 aromatic heterocycles. The van der Waals surface area contributed by atoms with Gasteiger partial charge in [-0.1, -0.05) is 47.2 Å². The molecule has 0 radical (unpaired) electrons. The summed E-state index contributed by atoms with van der Waals surface area (Å²) in [5.41, 5.74) is 8.42. The maximum absolute atomic E-state index is 13.0. The topological polar surface area (TPSA) is 99.2 Å². The number of nitrogens with two attached hydrogens (primary N) is 1. The Kier molecular flexibility index (Phi) is 8.23. The molecule has 3 rings (SSSR count). The maximum Gasteiger partial charge on any atom is 0.272 e. The van der Waals surface area contributed by atoms with Crippen LogP contribution < -0.4 is 11.1 Å². The fraction of sp³-hybridized carbons (Fsp3) is 0.269. The first-order valence-corrected chi connectivity index (χ1v) is 11.5. The molecule has 7 nitrogen and oxygen atoms in total. The Balaban J connectivity index is 2.03. The summed E-state index contributed by atoms with van der Waals surface area (Å²) in [5, 5.41) is 8.61. The van der Waals surface area contributed by atoms with Gasteiger partial charge in [-0.05, 0) is 58.0 Å². The van der Waals surface area contributed by atoms with E-state index < -0.39 is 11.4 Å². The number of carbonyl (C=O) groups excluding carboxylic acids is 2.